The van der Waals surface area contributed by atoms with E-state index in [0.29, 0.717) is 50.3 Å². The Morgan fingerprint density at radius 2 is 1.61 bits per heavy atom. The number of carbonyl (C=O) groups is 3. The van der Waals surface area contributed by atoms with Crippen LogP contribution < -0.4 is 15.4 Å². The maximum atomic E-state index is 14.2. The minimum atomic E-state index is -0.848. The van der Waals surface area contributed by atoms with E-state index >= 15 is 0 Å². The molecule has 2 N–H and O–H groups in total. The zero-order chi connectivity index (χ0) is 32.6. The fourth-order valence-corrected chi connectivity index (χ4v) is 5.67. The highest BCUT2D eigenvalue weighted by atomic mass is 16.6. The Hall–Kier alpha value is -3.59. The Balaban J connectivity index is 1.91. The Morgan fingerprint density at radius 1 is 0.955 bits per heavy atom. The van der Waals surface area contributed by atoms with Crippen molar-refractivity contribution in [3.63, 3.8) is 0 Å². The first-order valence-corrected chi connectivity index (χ1v) is 15.9. The van der Waals surface area contributed by atoms with Gasteiger partial charge >= 0.3 is 6.09 Å². The molecular formula is C35H52N4O5. The van der Waals surface area contributed by atoms with Crippen LogP contribution in [0, 0.1) is 5.92 Å². The van der Waals surface area contributed by atoms with Crippen LogP contribution in [-0.4, -0.2) is 71.1 Å². The van der Waals surface area contributed by atoms with E-state index in [1.165, 1.54) is 0 Å². The van der Waals surface area contributed by atoms with Gasteiger partial charge in [-0.05, 0) is 103 Å². The lowest BCUT2D eigenvalue weighted by molar-refractivity contribution is -0.143. The summed E-state index contributed by atoms with van der Waals surface area (Å²) in [5, 5.41) is 5.90. The molecule has 0 fully saturated rings. The number of ether oxygens (including phenoxy) is 2. The summed E-state index contributed by atoms with van der Waals surface area (Å²) in [5.41, 5.74) is 1.00. The second kappa shape index (κ2) is 15.4. The topological polar surface area (TPSA) is 100 Å². The summed E-state index contributed by atoms with van der Waals surface area (Å²) in [5.74, 6) is 0.968. The summed E-state index contributed by atoms with van der Waals surface area (Å²) in [6.07, 6.45) is 0.309. The first-order chi connectivity index (χ1) is 20.7. The van der Waals surface area contributed by atoms with E-state index < -0.39 is 23.8 Å². The molecule has 2 aromatic rings. The molecule has 3 amide bonds. The van der Waals surface area contributed by atoms with Crippen LogP contribution in [0.5, 0.6) is 11.5 Å². The number of benzene rings is 2. The van der Waals surface area contributed by atoms with Gasteiger partial charge in [-0.3, -0.25) is 14.5 Å². The molecule has 0 saturated heterocycles. The van der Waals surface area contributed by atoms with Crippen LogP contribution >= 0.6 is 0 Å². The van der Waals surface area contributed by atoms with Crippen LogP contribution in [-0.2, 0) is 20.7 Å². The van der Waals surface area contributed by atoms with Crippen molar-refractivity contribution in [1.82, 2.24) is 20.4 Å². The van der Waals surface area contributed by atoms with Gasteiger partial charge in [-0.2, -0.15) is 0 Å². The number of hydrogen-bond donors (Lipinski definition) is 2. The van der Waals surface area contributed by atoms with Crippen molar-refractivity contribution < 1.29 is 23.9 Å². The lowest BCUT2D eigenvalue weighted by Crippen LogP contribution is -2.55. The smallest absolute Gasteiger partial charge is 0.408 e. The standard InChI is InChI=1S/C35H52N4O5/c1-23(2)21-30(37-34(42)44-35(7,8)9)33(41)39-19-17-26-22-28(43-27-13-11-10-12-14-27)15-16-29(26)31(39)32(40)36-18-20-38(24(3)4)25(5)6/h10-16,22-25,30-31H,17-21H2,1-9H3,(H,36,40)(H,37,42)/t30-,31?/m1/s1. The zero-order valence-corrected chi connectivity index (χ0v) is 28.0. The van der Waals surface area contributed by atoms with Crippen molar-refractivity contribution in [2.45, 2.75) is 105 Å². The molecule has 2 atom stereocenters. The van der Waals surface area contributed by atoms with Gasteiger partial charge in [0.1, 0.15) is 29.2 Å². The molecule has 1 aliphatic heterocycles. The molecule has 242 valence electrons. The van der Waals surface area contributed by atoms with Crippen molar-refractivity contribution in [2.75, 3.05) is 19.6 Å². The molecule has 1 unspecified atom stereocenters. The summed E-state index contributed by atoms with van der Waals surface area (Å²) < 4.78 is 11.5. The molecule has 0 bridgehead atoms. The SMILES string of the molecule is CC(C)C[C@@H](NC(=O)OC(C)(C)C)C(=O)N1CCc2cc(Oc3ccccc3)ccc2C1C(=O)NCCN(C(C)C)C(C)C. The predicted molar refractivity (Wildman–Crippen MR) is 174 cm³/mol. The van der Waals surface area contributed by atoms with Crippen molar-refractivity contribution in [1.29, 1.82) is 0 Å². The second-order valence-electron chi connectivity index (χ2n) is 13.5. The second-order valence-corrected chi connectivity index (χ2v) is 13.5. The molecular weight excluding hydrogens is 556 g/mol. The van der Waals surface area contributed by atoms with E-state index in [9.17, 15) is 14.4 Å². The van der Waals surface area contributed by atoms with Crippen LogP contribution in [0.2, 0.25) is 0 Å². The number of hydrogen-bond acceptors (Lipinski definition) is 6. The lowest BCUT2D eigenvalue weighted by Gasteiger charge is -2.39. The van der Waals surface area contributed by atoms with Crippen LogP contribution in [0.25, 0.3) is 0 Å². The summed E-state index contributed by atoms with van der Waals surface area (Å²) in [7, 11) is 0. The Kier molecular flexibility index (Phi) is 12.2. The quantitative estimate of drug-likeness (QED) is 0.303. The molecule has 9 nitrogen and oxygen atoms in total. The van der Waals surface area contributed by atoms with Gasteiger partial charge < -0.3 is 25.0 Å². The molecule has 0 spiro atoms. The maximum Gasteiger partial charge on any atom is 0.408 e. The van der Waals surface area contributed by atoms with Crippen molar-refractivity contribution in [2.24, 2.45) is 5.92 Å². The third kappa shape index (κ3) is 9.97. The molecule has 3 rings (SSSR count). The number of carbonyl (C=O) groups excluding carboxylic acids is 3. The molecule has 2 aromatic carbocycles. The molecule has 9 heteroatoms. The summed E-state index contributed by atoms with van der Waals surface area (Å²) in [6, 6.07) is 14.2. The molecule has 0 aromatic heterocycles. The van der Waals surface area contributed by atoms with Gasteiger partial charge in [0.25, 0.3) is 0 Å². The average molecular weight is 609 g/mol. The fourth-order valence-electron chi connectivity index (χ4n) is 5.67. The van der Waals surface area contributed by atoms with E-state index in [0.717, 1.165) is 16.9 Å². The van der Waals surface area contributed by atoms with Gasteiger partial charge in [0, 0.05) is 31.7 Å². The number of nitrogens with one attached hydrogen (secondary N) is 2. The monoisotopic (exact) mass is 608 g/mol. The molecule has 1 heterocycles. The third-order valence-corrected chi connectivity index (χ3v) is 7.55. The number of fused-ring (bicyclic) bond motifs is 1. The number of amides is 3. The Labute approximate surface area is 263 Å². The Bertz CT molecular complexity index is 1250. The van der Waals surface area contributed by atoms with E-state index in [2.05, 4.69) is 43.2 Å². The highest BCUT2D eigenvalue weighted by molar-refractivity contribution is 5.92. The first kappa shape index (κ1) is 34.9. The minimum Gasteiger partial charge on any atom is -0.457 e. The van der Waals surface area contributed by atoms with Crippen molar-refractivity contribution in [3.05, 3.63) is 59.7 Å². The zero-order valence-electron chi connectivity index (χ0n) is 28.0. The van der Waals surface area contributed by atoms with Crippen LogP contribution in [0.3, 0.4) is 0 Å². The molecule has 0 aliphatic carbocycles. The van der Waals surface area contributed by atoms with Gasteiger partial charge in [-0.15, -0.1) is 0 Å². The van der Waals surface area contributed by atoms with Gasteiger partial charge in [0.05, 0.1) is 0 Å². The molecule has 1 aliphatic rings. The number of alkyl carbamates (subject to hydrolysis) is 1. The van der Waals surface area contributed by atoms with Crippen molar-refractivity contribution >= 4 is 17.9 Å². The first-order valence-electron chi connectivity index (χ1n) is 15.9. The van der Waals surface area contributed by atoms with E-state index in [-0.39, 0.29) is 17.7 Å². The minimum absolute atomic E-state index is 0.124. The van der Waals surface area contributed by atoms with Crippen LogP contribution in [0.1, 0.15) is 85.9 Å². The summed E-state index contributed by atoms with van der Waals surface area (Å²) >= 11 is 0. The molecule has 0 saturated carbocycles. The van der Waals surface area contributed by atoms with Gasteiger partial charge in [-0.1, -0.05) is 38.1 Å². The largest absolute Gasteiger partial charge is 0.457 e. The van der Waals surface area contributed by atoms with E-state index in [1.54, 1.807) is 25.7 Å². The maximum absolute atomic E-state index is 14.2. The summed E-state index contributed by atoms with van der Waals surface area (Å²) in [4.78, 5) is 44.8. The van der Waals surface area contributed by atoms with Gasteiger partial charge in [-0.25, -0.2) is 4.79 Å². The summed E-state index contributed by atoms with van der Waals surface area (Å²) in [6.45, 7) is 19.4. The molecule has 44 heavy (non-hydrogen) atoms. The average Bonchev–Trinajstić information content (AvgIpc) is 2.92. The Morgan fingerprint density at radius 3 is 2.20 bits per heavy atom. The van der Waals surface area contributed by atoms with Crippen molar-refractivity contribution in [3.8, 4) is 11.5 Å². The lowest BCUT2D eigenvalue weighted by atomic mass is 9.90. The highest BCUT2D eigenvalue weighted by Crippen LogP contribution is 2.34. The number of rotatable bonds is 12. The van der Waals surface area contributed by atoms with Crippen LogP contribution in [0.4, 0.5) is 4.79 Å². The number of para-hydroxylation sites is 1. The predicted octanol–water partition coefficient (Wildman–Crippen LogP) is 6.08. The molecule has 0 radical (unpaired) electrons. The van der Waals surface area contributed by atoms with Crippen LogP contribution in [0.15, 0.2) is 48.5 Å². The van der Waals surface area contributed by atoms with E-state index in [4.69, 9.17) is 9.47 Å². The number of nitrogens with zero attached hydrogens (tertiary/aromatic N) is 2. The van der Waals surface area contributed by atoms with Gasteiger partial charge in [0.15, 0.2) is 0 Å². The normalized spacial score (nSPS) is 15.8. The highest BCUT2D eigenvalue weighted by Gasteiger charge is 2.39. The fraction of sp³-hybridized carbons (Fsp3) is 0.571. The third-order valence-electron chi connectivity index (χ3n) is 7.55. The van der Waals surface area contributed by atoms with Gasteiger partial charge in [0.2, 0.25) is 11.8 Å². The van der Waals surface area contributed by atoms with E-state index in [1.807, 2.05) is 62.4 Å².